The summed E-state index contributed by atoms with van der Waals surface area (Å²) in [6.07, 6.45) is 0. The van der Waals surface area contributed by atoms with Gasteiger partial charge in [0.2, 0.25) is 17.9 Å². The van der Waals surface area contributed by atoms with Crippen molar-refractivity contribution < 1.29 is 14.3 Å². The van der Waals surface area contributed by atoms with Crippen molar-refractivity contribution in [2.45, 2.75) is 11.7 Å². The Morgan fingerprint density at radius 2 is 1.90 bits per heavy atom. The number of hydrogen-bond donors (Lipinski definition) is 1. The maximum absolute atomic E-state index is 12.3. The predicted molar refractivity (Wildman–Crippen MR) is 116 cm³/mol. The van der Waals surface area contributed by atoms with Gasteiger partial charge in [-0.05, 0) is 42.0 Å². The lowest BCUT2D eigenvalue weighted by atomic mass is 10.1. The van der Waals surface area contributed by atoms with Crippen molar-refractivity contribution in [2.75, 3.05) is 12.5 Å². The third kappa shape index (κ3) is 4.28. The first-order valence-corrected chi connectivity index (χ1v) is 10.8. The van der Waals surface area contributed by atoms with Crippen molar-refractivity contribution >= 4 is 34.9 Å². The topological polar surface area (TPSA) is 90.6 Å². The minimum atomic E-state index is -0.117. The molecule has 4 aromatic rings. The van der Waals surface area contributed by atoms with Crippen LogP contribution in [0.3, 0.4) is 0 Å². The number of amides is 1. The van der Waals surface area contributed by atoms with Crippen LogP contribution in [0.2, 0.25) is 5.02 Å². The number of thioether (sulfide) groups is 1. The molecular weight excluding hydrogens is 438 g/mol. The second-order valence-electron chi connectivity index (χ2n) is 6.73. The van der Waals surface area contributed by atoms with Crippen molar-refractivity contribution in [3.63, 3.8) is 0 Å². The van der Waals surface area contributed by atoms with Crippen molar-refractivity contribution in [3.8, 4) is 22.8 Å². The van der Waals surface area contributed by atoms with E-state index >= 15 is 0 Å². The van der Waals surface area contributed by atoms with Crippen LogP contribution in [0, 0.1) is 0 Å². The fraction of sp³-hybridized carbons (Fsp3) is 0.143. The van der Waals surface area contributed by atoms with Crippen molar-refractivity contribution in [3.05, 3.63) is 65.2 Å². The van der Waals surface area contributed by atoms with Gasteiger partial charge in [0.05, 0.1) is 11.4 Å². The Morgan fingerprint density at radius 1 is 1.06 bits per heavy atom. The molecule has 1 aliphatic heterocycles. The number of carbonyl (C=O) groups is 1. The molecule has 8 nitrogen and oxygen atoms in total. The molecule has 1 aliphatic rings. The molecule has 0 bridgehead atoms. The Bertz CT molecular complexity index is 1260. The molecule has 0 saturated heterocycles. The van der Waals surface area contributed by atoms with E-state index < -0.39 is 0 Å². The van der Waals surface area contributed by atoms with E-state index in [9.17, 15) is 4.79 Å². The predicted octanol–water partition coefficient (Wildman–Crippen LogP) is 3.58. The molecule has 31 heavy (non-hydrogen) atoms. The first-order valence-electron chi connectivity index (χ1n) is 9.42. The Balaban J connectivity index is 1.23. The van der Waals surface area contributed by atoms with Gasteiger partial charge < -0.3 is 14.8 Å². The summed E-state index contributed by atoms with van der Waals surface area (Å²) in [6.45, 7) is 0.622. The zero-order chi connectivity index (χ0) is 21.2. The molecule has 0 aliphatic carbocycles. The van der Waals surface area contributed by atoms with E-state index in [1.54, 1.807) is 4.52 Å². The highest BCUT2D eigenvalue weighted by Gasteiger charge is 2.14. The molecule has 0 fully saturated rings. The normalized spacial score (nSPS) is 12.3. The number of hydrogen-bond acceptors (Lipinski definition) is 7. The quantitative estimate of drug-likeness (QED) is 0.446. The summed E-state index contributed by atoms with van der Waals surface area (Å²) in [6, 6.07) is 16.7. The van der Waals surface area contributed by atoms with Gasteiger partial charge in [0, 0.05) is 17.1 Å². The Morgan fingerprint density at radius 3 is 2.77 bits per heavy atom. The molecule has 0 saturated carbocycles. The van der Waals surface area contributed by atoms with E-state index in [4.69, 9.17) is 21.1 Å². The maximum Gasteiger partial charge on any atom is 0.231 e. The van der Waals surface area contributed by atoms with Crippen LogP contribution in [-0.4, -0.2) is 38.3 Å². The van der Waals surface area contributed by atoms with Crippen LogP contribution in [-0.2, 0) is 11.3 Å². The Hall–Kier alpha value is -3.30. The molecule has 0 atom stereocenters. The number of benzene rings is 2. The van der Waals surface area contributed by atoms with Gasteiger partial charge in [0.25, 0.3) is 0 Å². The van der Waals surface area contributed by atoms with Gasteiger partial charge in [-0.15, -0.1) is 10.2 Å². The highest BCUT2D eigenvalue weighted by Crippen LogP contribution is 2.32. The van der Waals surface area contributed by atoms with Gasteiger partial charge in [-0.2, -0.15) is 9.61 Å². The van der Waals surface area contributed by atoms with E-state index in [1.807, 2.05) is 54.6 Å². The van der Waals surface area contributed by atoms with Gasteiger partial charge in [-0.3, -0.25) is 4.79 Å². The molecule has 1 N–H and O–H groups in total. The van der Waals surface area contributed by atoms with Crippen LogP contribution in [0.25, 0.3) is 16.9 Å². The summed E-state index contributed by atoms with van der Waals surface area (Å²) in [5.41, 5.74) is 3.24. The Kier molecular flexibility index (Phi) is 5.35. The molecule has 0 unspecified atom stereocenters. The van der Waals surface area contributed by atoms with Gasteiger partial charge in [-0.1, -0.05) is 41.6 Å². The summed E-state index contributed by atoms with van der Waals surface area (Å²) in [5.74, 6) is 1.49. The molecule has 2 aromatic heterocycles. The van der Waals surface area contributed by atoms with Crippen molar-refractivity contribution in [2.24, 2.45) is 0 Å². The van der Waals surface area contributed by atoms with Crippen molar-refractivity contribution in [1.29, 1.82) is 0 Å². The van der Waals surface area contributed by atoms with Gasteiger partial charge in [0.1, 0.15) is 0 Å². The molecule has 2 aromatic carbocycles. The number of carbonyl (C=O) groups excluding carboxylic acids is 1. The van der Waals surface area contributed by atoms with E-state index in [1.165, 1.54) is 11.8 Å². The van der Waals surface area contributed by atoms with Crippen LogP contribution in [0.4, 0.5) is 0 Å². The number of halogens is 1. The van der Waals surface area contributed by atoms with Crippen LogP contribution in [0.5, 0.6) is 11.5 Å². The summed E-state index contributed by atoms with van der Waals surface area (Å²) < 4.78 is 12.3. The second kappa shape index (κ2) is 8.44. The number of aromatic nitrogens is 4. The number of rotatable bonds is 6. The van der Waals surface area contributed by atoms with Crippen LogP contribution in [0.15, 0.2) is 59.8 Å². The van der Waals surface area contributed by atoms with E-state index in [2.05, 4.69) is 20.6 Å². The lowest BCUT2D eigenvalue weighted by Gasteiger charge is -2.06. The average Bonchev–Trinajstić information content (AvgIpc) is 3.42. The lowest BCUT2D eigenvalue weighted by molar-refractivity contribution is -0.118. The van der Waals surface area contributed by atoms with Gasteiger partial charge in [-0.25, -0.2) is 0 Å². The fourth-order valence-corrected chi connectivity index (χ4v) is 3.91. The minimum Gasteiger partial charge on any atom is -0.454 e. The number of nitrogens with zero attached hydrogens (tertiary/aromatic N) is 4. The van der Waals surface area contributed by atoms with E-state index in [-0.39, 0.29) is 18.5 Å². The highest BCUT2D eigenvalue weighted by atomic mass is 35.5. The standard InChI is InChI=1S/C21H16ClN5O3S/c22-15-4-2-14(3-5-15)16-6-8-19-24-25-21(27(19)26-16)31-11-20(28)23-10-13-1-7-17-18(9-13)30-12-29-17/h1-9H,10-12H2,(H,23,28). The van der Waals surface area contributed by atoms with Crippen molar-refractivity contribution in [1.82, 2.24) is 25.1 Å². The summed E-state index contributed by atoms with van der Waals surface area (Å²) in [5, 5.41) is 17.0. The molecule has 0 spiro atoms. The van der Waals surface area contributed by atoms with E-state index in [0.29, 0.717) is 28.1 Å². The average molecular weight is 454 g/mol. The molecule has 5 rings (SSSR count). The fourth-order valence-electron chi connectivity index (χ4n) is 3.07. The second-order valence-corrected chi connectivity index (χ2v) is 8.11. The highest BCUT2D eigenvalue weighted by molar-refractivity contribution is 7.99. The molecular formula is C21H16ClN5O3S. The number of fused-ring (bicyclic) bond motifs is 2. The van der Waals surface area contributed by atoms with E-state index in [0.717, 1.165) is 22.6 Å². The summed E-state index contributed by atoms with van der Waals surface area (Å²) in [7, 11) is 0. The molecule has 10 heteroatoms. The number of ether oxygens (including phenoxy) is 2. The third-order valence-corrected chi connectivity index (χ3v) is 5.80. The first-order chi connectivity index (χ1) is 15.2. The maximum atomic E-state index is 12.3. The zero-order valence-electron chi connectivity index (χ0n) is 16.1. The van der Waals surface area contributed by atoms with Crippen LogP contribution < -0.4 is 14.8 Å². The van der Waals surface area contributed by atoms with Crippen LogP contribution in [0.1, 0.15) is 5.56 Å². The smallest absolute Gasteiger partial charge is 0.231 e. The third-order valence-electron chi connectivity index (χ3n) is 4.63. The Labute approximate surface area is 186 Å². The molecule has 156 valence electrons. The molecule has 3 heterocycles. The van der Waals surface area contributed by atoms with Gasteiger partial charge >= 0.3 is 0 Å². The SMILES string of the molecule is O=C(CSc1nnc2ccc(-c3ccc(Cl)cc3)nn12)NCc1ccc2c(c1)OCO2. The first kappa shape index (κ1) is 19.7. The van der Waals surface area contributed by atoms with Crippen LogP contribution >= 0.6 is 23.4 Å². The van der Waals surface area contributed by atoms with Gasteiger partial charge in [0.15, 0.2) is 17.1 Å². The monoisotopic (exact) mass is 453 g/mol. The summed E-state index contributed by atoms with van der Waals surface area (Å²) >= 11 is 7.24. The lowest BCUT2D eigenvalue weighted by Crippen LogP contribution is -2.24. The minimum absolute atomic E-state index is 0.117. The number of nitrogens with one attached hydrogen (secondary N) is 1. The largest absolute Gasteiger partial charge is 0.454 e. The molecule has 1 amide bonds. The zero-order valence-corrected chi connectivity index (χ0v) is 17.7. The molecule has 0 radical (unpaired) electrons. The summed E-state index contributed by atoms with van der Waals surface area (Å²) in [4.78, 5) is 12.3.